The predicted octanol–water partition coefficient (Wildman–Crippen LogP) is 4.21. The van der Waals surface area contributed by atoms with Crippen molar-refractivity contribution in [3.05, 3.63) is 16.0 Å². The molecule has 1 aliphatic rings. The molecule has 1 aromatic rings. The molecule has 4 heteroatoms. The SMILES string of the molecule is CCc1nc(C2CCCCCCC2)nc(N)c1Br. The number of aromatic nitrogens is 2. The van der Waals surface area contributed by atoms with Crippen LogP contribution in [0.5, 0.6) is 0 Å². The van der Waals surface area contributed by atoms with E-state index >= 15 is 0 Å². The minimum atomic E-state index is 0.506. The van der Waals surface area contributed by atoms with E-state index < -0.39 is 0 Å². The summed E-state index contributed by atoms with van der Waals surface area (Å²) in [6.45, 7) is 2.11. The molecule has 0 unspecified atom stereocenters. The smallest absolute Gasteiger partial charge is 0.141 e. The number of nitrogens with zero attached hydrogens (tertiary/aromatic N) is 2. The average molecular weight is 312 g/mol. The molecule has 0 aliphatic heterocycles. The normalized spacial score (nSPS) is 18.3. The van der Waals surface area contributed by atoms with Gasteiger partial charge in [0, 0.05) is 5.92 Å². The van der Waals surface area contributed by atoms with Crippen molar-refractivity contribution >= 4 is 21.7 Å². The van der Waals surface area contributed by atoms with Gasteiger partial charge in [-0.1, -0.05) is 39.0 Å². The Labute approximate surface area is 118 Å². The van der Waals surface area contributed by atoms with Crippen LogP contribution in [0.4, 0.5) is 5.82 Å². The summed E-state index contributed by atoms with van der Waals surface area (Å²) in [7, 11) is 0. The molecule has 1 fully saturated rings. The molecule has 0 radical (unpaired) electrons. The summed E-state index contributed by atoms with van der Waals surface area (Å²) in [5.41, 5.74) is 7.02. The van der Waals surface area contributed by atoms with Crippen molar-refractivity contribution < 1.29 is 0 Å². The highest BCUT2D eigenvalue weighted by atomic mass is 79.9. The van der Waals surface area contributed by atoms with E-state index in [9.17, 15) is 0 Å². The van der Waals surface area contributed by atoms with E-state index in [0.29, 0.717) is 11.7 Å². The predicted molar refractivity (Wildman–Crippen MR) is 78.6 cm³/mol. The highest BCUT2D eigenvalue weighted by molar-refractivity contribution is 9.10. The maximum Gasteiger partial charge on any atom is 0.141 e. The van der Waals surface area contributed by atoms with Crippen molar-refractivity contribution in [3.63, 3.8) is 0 Å². The van der Waals surface area contributed by atoms with Gasteiger partial charge in [-0.05, 0) is 35.2 Å². The van der Waals surface area contributed by atoms with Gasteiger partial charge < -0.3 is 5.73 Å². The Morgan fingerprint density at radius 3 is 2.33 bits per heavy atom. The Morgan fingerprint density at radius 1 is 1.11 bits per heavy atom. The second-order valence-corrected chi connectivity index (χ2v) is 5.92. The van der Waals surface area contributed by atoms with Gasteiger partial charge in [0.25, 0.3) is 0 Å². The molecule has 2 N–H and O–H groups in total. The molecule has 0 saturated heterocycles. The number of nitrogen functional groups attached to an aromatic ring is 1. The van der Waals surface area contributed by atoms with Crippen molar-refractivity contribution in [1.82, 2.24) is 9.97 Å². The van der Waals surface area contributed by atoms with Crippen LogP contribution in [0.1, 0.15) is 69.3 Å². The fourth-order valence-corrected chi connectivity index (χ4v) is 3.12. The van der Waals surface area contributed by atoms with Crippen molar-refractivity contribution in [1.29, 1.82) is 0 Å². The quantitative estimate of drug-likeness (QED) is 0.890. The molecule has 1 heterocycles. The van der Waals surface area contributed by atoms with E-state index in [0.717, 1.165) is 22.4 Å². The molecule has 0 atom stereocenters. The molecule has 1 aromatic heterocycles. The Kier molecular flexibility index (Phi) is 4.98. The van der Waals surface area contributed by atoms with Gasteiger partial charge in [-0.2, -0.15) is 0 Å². The summed E-state index contributed by atoms with van der Waals surface area (Å²) < 4.78 is 0.875. The van der Waals surface area contributed by atoms with Crippen molar-refractivity contribution in [2.24, 2.45) is 0 Å². The molecule has 3 nitrogen and oxygen atoms in total. The third-order valence-electron chi connectivity index (χ3n) is 3.77. The standard InChI is InChI=1S/C14H22BrN3/c1-2-11-12(15)13(16)18-14(17-11)10-8-6-4-3-5-7-9-10/h10H,2-9H2,1H3,(H2,16,17,18). The molecule has 2 rings (SSSR count). The summed E-state index contributed by atoms with van der Waals surface area (Å²) in [5, 5.41) is 0. The molecule has 0 spiro atoms. The molecule has 1 saturated carbocycles. The van der Waals surface area contributed by atoms with Crippen LogP contribution in [0.15, 0.2) is 4.47 Å². The maximum atomic E-state index is 5.98. The second kappa shape index (κ2) is 6.50. The lowest BCUT2D eigenvalue weighted by Crippen LogP contribution is -2.11. The van der Waals surface area contributed by atoms with Crippen LogP contribution >= 0.6 is 15.9 Å². The van der Waals surface area contributed by atoms with Gasteiger partial charge in [0.1, 0.15) is 11.6 Å². The van der Waals surface area contributed by atoms with Gasteiger partial charge in [-0.3, -0.25) is 0 Å². The molecular weight excluding hydrogens is 290 g/mol. The van der Waals surface area contributed by atoms with Gasteiger partial charge >= 0.3 is 0 Å². The van der Waals surface area contributed by atoms with E-state index in [4.69, 9.17) is 10.7 Å². The number of hydrogen-bond acceptors (Lipinski definition) is 3. The number of anilines is 1. The average Bonchev–Trinajstić information content (AvgIpc) is 2.32. The van der Waals surface area contributed by atoms with Crippen molar-refractivity contribution in [2.45, 2.75) is 64.2 Å². The number of rotatable bonds is 2. The highest BCUT2D eigenvalue weighted by Gasteiger charge is 2.18. The Bertz CT molecular complexity index is 398. The van der Waals surface area contributed by atoms with Gasteiger partial charge in [0.05, 0.1) is 10.2 Å². The molecule has 0 amide bonds. The molecule has 0 bridgehead atoms. The van der Waals surface area contributed by atoms with Crippen molar-refractivity contribution in [2.75, 3.05) is 5.73 Å². The summed E-state index contributed by atoms with van der Waals surface area (Å²) in [5.74, 6) is 2.07. The Morgan fingerprint density at radius 2 is 1.72 bits per heavy atom. The third-order valence-corrected chi connectivity index (χ3v) is 4.63. The fraction of sp³-hybridized carbons (Fsp3) is 0.714. The monoisotopic (exact) mass is 311 g/mol. The summed E-state index contributed by atoms with van der Waals surface area (Å²) in [6.07, 6.45) is 10.0. The zero-order chi connectivity index (χ0) is 13.0. The zero-order valence-electron chi connectivity index (χ0n) is 11.1. The van der Waals surface area contributed by atoms with E-state index in [1.165, 1.54) is 44.9 Å². The lowest BCUT2D eigenvalue weighted by atomic mass is 9.90. The van der Waals surface area contributed by atoms with Gasteiger partial charge in [-0.15, -0.1) is 0 Å². The van der Waals surface area contributed by atoms with Crippen LogP contribution in [-0.4, -0.2) is 9.97 Å². The third kappa shape index (κ3) is 3.22. The topological polar surface area (TPSA) is 51.8 Å². The van der Waals surface area contributed by atoms with Crippen LogP contribution in [-0.2, 0) is 6.42 Å². The number of hydrogen-bond donors (Lipinski definition) is 1. The van der Waals surface area contributed by atoms with E-state index in [1.54, 1.807) is 0 Å². The van der Waals surface area contributed by atoms with Crippen LogP contribution in [0.3, 0.4) is 0 Å². The first kappa shape index (κ1) is 13.8. The van der Waals surface area contributed by atoms with E-state index in [2.05, 4.69) is 27.8 Å². The largest absolute Gasteiger partial charge is 0.383 e. The van der Waals surface area contributed by atoms with E-state index in [1.807, 2.05) is 0 Å². The number of nitrogens with two attached hydrogens (primary N) is 1. The van der Waals surface area contributed by atoms with Gasteiger partial charge in [-0.25, -0.2) is 9.97 Å². The summed E-state index contributed by atoms with van der Waals surface area (Å²) >= 11 is 3.48. The summed E-state index contributed by atoms with van der Waals surface area (Å²) in [6, 6.07) is 0. The Balaban J connectivity index is 2.22. The van der Waals surface area contributed by atoms with Gasteiger partial charge in [0.15, 0.2) is 0 Å². The van der Waals surface area contributed by atoms with Crippen LogP contribution < -0.4 is 5.73 Å². The first-order chi connectivity index (χ1) is 8.72. The first-order valence-corrected chi connectivity index (χ1v) is 7.83. The molecule has 1 aliphatic carbocycles. The van der Waals surface area contributed by atoms with Crippen LogP contribution in [0, 0.1) is 0 Å². The molecule has 18 heavy (non-hydrogen) atoms. The first-order valence-electron chi connectivity index (χ1n) is 7.04. The second-order valence-electron chi connectivity index (χ2n) is 5.12. The zero-order valence-corrected chi connectivity index (χ0v) is 12.7. The minimum absolute atomic E-state index is 0.506. The lowest BCUT2D eigenvalue weighted by Gasteiger charge is -2.19. The molecule has 0 aromatic carbocycles. The minimum Gasteiger partial charge on any atom is -0.383 e. The van der Waals surface area contributed by atoms with Gasteiger partial charge in [0.2, 0.25) is 0 Å². The van der Waals surface area contributed by atoms with Crippen LogP contribution in [0.2, 0.25) is 0 Å². The highest BCUT2D eigenvalue weighted by Crippen LogP contribution is 2.31. The lowest BCUT2D eigenvalue weighted by molar-refractivity contribution is 0.441. The maximum absolute atomic E-state index is 5.98. The van der Waals surface area contributed by atoms with E-state index in [-0.39, 0.29) is 0 Å². The fourth-order valence-electron chi connectivity index (χ4n) is 2.66. The summed E-state index contributed by atoms with van der Waals surface area (Å²) in [4.78, 5) is 9.21. The van der Waals surface area contributed by atoms with Crippen molar-refractivity contribution in [3.8, 4) is 0 Å². The molecular formula is C14H22BrN3. The number of aryl methyl sites for hydroxylation is 1. The van der Waals surface area contributed by atoms with Crippen LogP contribution in [0.25, 0.3) is 0 Å². The Hall–Kier alpha value is -0.640. The molecule has 100 valence electrons. The number of halogens is 1.